The Bertz CT molecular complexity index is 833. The quantitative estimate of drug-likeness (QED) is 0.790. The van der Waals surface area contributed by atoms with Gasteiger partial charge in [-0.05, 0) is 74.4 Å². The normalized spacial score (nSPS) is 15.0. The Labute approximate surface area is 161 Å². The number of ether oxygens (including phenoxy) is 2. The van der Waals surface area contributed by atoms with Crippen molar-refractivity contribution in [2.45, 2.75) is 58.7 Å². The highest BCUT2D eigenvalue weighted by molar-refractivity contribution is 5.82. The lowest BCUT2D eigenvalue weighted by Gasteiger charge is -2.28. The van der Waals surface area contributed by atoms with Gasteiger partial charge >= 0.3 is 5.97 Å². The number of hydrogen-bond acceptors (Lipinski definition) is 3. The molecule has 0 spiro atoms. The first kappa shape index (κ1) is 19.4. The number of fused-ring (bicyclic) bond motifs is 1. The zero-order valence-corrected chi connectivity index (χ0v) is 16.5. The van der Waals surface area contributed by atoms with Crippen molar-refractivity contribution in [2.24, 2.45) is 0 Å². The summed E-state index contributed by atoms with van der Waals surface area (Å²) in [5.41, 5.74) is 4.42. The van der Waals surface area contributed by atoms with Crippen LogP contribution in [0.5, 0.6) is 5.75 Å². The minimum absolute atomic E-state index is 0.563. The van der Waals surface area contributed by atoms with Gasteiger partial charge in [0.15, 0.2) is 6.10 Å². The van der Waals surface area contributed by atoms with Crippen LogP contribution in [0.15, 0.2) is 36.4 Å². The molecule has 0 saturated carbocycles. The molecule has 0 saturated heterocycles. The average Bonchev–Trinajstić information content (AvgIpc) is 2.64. The maximum absolute atomic E-state index is 12.0. The van der Waals surface area contributed by atoms with Crippen LogP contribution in [0.4, 0.5) is 0 Å². The standard InChI is InChI=1S/C23H28O4/c1-5-15-8-6-10-18(21(22(24)25)27-23(2,3)4)20(15)17-11-12-19-16(14-17)9-7-13-26-19/h6,8,10-12,14,21H,5,7,9,13H2,1-4H3,(H,24,25). The summed E-state index contributed by atoms with van der Waals surface area (Å²) < 4.78 is 11.7. The molecule has 0 amide bonds. The zero-order valence-electron chi connectivity index (χ0n) is 16.5. The Morgan fingerprint density at radius 2 is 2.04 bits per heavy atom. The van der Waals surface area contributed by atoms with E-state index in [0.717, 1.165) is 48.3 Å². The zero-order chi connectivity index (χ0) is 19.6. The first-order valence-electron chi connectivity index (χ1n) is 9.58. The maximum Gasteiger partial charge on any atom is 0.337 e. The van der Waals surface area contributed by atoms with Crippen molar-refractivity contribution < 1.29 is 19.4 Å². The summed E-state index contributed by atoms with van der Waals surface area (Å²) in [5, 5.41) is 9.87. The molecule has 1 aliphatic heterocycles. The van der Waals surface area contributed by atoms with Gasteiger partial charge in [0.05, 0.1) is 12.2 Å². The first-order valence-corrected chi connectivity index (χ1v) is 9.58. The molecule has 2 aromatic rings. The van der Waals surface area contributed by atoms with Crippen LogP contribution >= 0.6 is 0 Å². The van der Waals surface area contributed by atoms with Gasteiger partial charge in [0.2, 0.25) is 0 Å². The number of carboxylic acids is 1. The van der Waals surface area contributed by atoms with Gasteiger partial charge in [-0.1, -0.05) is 31.2 Å². The van der Waals surface area contributed by atoms with Gasteiger partial charge in [0.1, 0.15) is 5.75 Å². The molecule has 0 aromatic heterocycles. The SMILES string of the molecule is CCc1cccc(C(OC(C)(C)C)C(=O)O)c1-c1ccc2c(c1)CCCO2. The van der Waals surface area contributed by atoms with Crippen molar-refractivity contribution in [1.29, 1.82) is 0 Å². The van der Waals surface area contributed by atoms with Crippen LogP contribution in [0.1, 0.15) is 56.9 Å². The molecule has 0 fully saturated rings. The van der Waals surface area contributed by atoms with E-state index >= 15 is 0 Å². The van der Waals surface area contributed by atoms with Gasteiger partial charge in [-0.25, -0.2) is 4.79 Å². The highest BCUT2D eigenvalue weighted by atomic mass is 16.5. The first-order chi connectivity index (χ1) is 12.8. The Hall–Kier alpha value is -2.33. The Balaban J connectivity index is 2.15. The summed E-state index contributed by atoms with van der Waals surface area (Å²) >= 11 is 0. The lowest BCUT2D eigenvalue weighted by atomic mass is 9.88. The number of rotatable bonds is 5. The summed E-state index contributed by atoms with van der Waals surface area (Å²) in [6, 6.07) is 12.0. The number of carboxylic acid groups (broad SMARTS) is 1. The van der Waals surface area contributed by atoms with E-state index in [0.29, 0.717) is 5.56 Å². The lowest BCUT2D eigenvalue weighted by Crippen LogP contribution is -2.27. The molecule has 1 heterocycles. The van der Waals surface area contributed by atoms with Gasteiger partial charge in [0.25, 0.3) is 0 Å². The number of aliphatic carboxylic acids is 1. The number of carbonyl (C=O) groups is 1. The van der Waals surface area contributed by atoms with E-state index in [1.54, 1.807) is 0 Å². The molecule has 2 aromatic carbocycles. The fourth-order valence-electron chi connectivity index (χ4n) is 3.60. The largest absolute Gasteiger partial charge is 0.493 e. The van der Waals surface area contributed by atoms with Gasteiger partial charge < -0.3 is 14.6 Å². The topological polar surface area (TPSA) is 55.8 Å². The van der Waals surface area contributed by atoms with E-state index in [-0.39, 0.29) is 0 Å². The molecular weight excluding hydrogens is 340 g/mol. The number of hydrogen-bond donors (Lipinski definition) is 1. The van der Waals surface area contributed by atoms with Crippen LogP contribution in [0.25, 0.3) is 11.1 Å². The number of benzene rings is 2. The fourth-order valence-corrected chi connectivity index (χ4v) is 3.60. The van der Waals surface area contributed by atoms with E-state index in [4.69, 9.17) is 9.47 Å². The predicted octanol–water partition coefficient (Wildman–Crippen LogP) is 5.18. The summed E-state index contributed by atoms with van der Waals surface area (Å²) in [5.74, 6) is -0.0398. The van der Waals surface area contributed by atoms with Crippen molar-refractivity contribution in [1.82, 2.24) is 0 Å². The van der Waals surface area contributed by atoms with Crippen molar-refractivity contribution in [3.05, 3.63) is 53.1 Å². The third-order valence-corrected chi connectivity index (χ3v) is 4.74. The summed E-state index contributed by atoms with van der Waals surface area (Å²) in [6.07, 6.45) is 1.79. The van der Waals surface area contributed by atoms with Crippen LogP contribution in [-0.2, 0) is 22.4 Å². The predicted molar refractivity (Wildman–Crippen MR) is 106 cm³/mol. The van der Waals surface area contributed by atoms with Crippen molar-refractivity contribution >= 4 is 5.97 Å². The molecule has 4 nitrogen and oxygen atoms in total. The highest BCUT2D eigenvalue weighted by Gasteiger charge is 2.30. The lowest BCUT2D eigenvalue weighted by molar-refractivity contribution is -0.160. The highest BCUT2D eigenvalue weighted by Crippen LogP contribution is 2.38. The third-order valence-electron chi connectivity index (χ3n) is 4.74. The second-order valence-corrected chi connectivity index (χ2v) is 7.96. The van der Waals surface area contributed by atoms with E-state index in [1.807, 2.05) is 45.0 Å². The van der Waals surface area contributed by atoms with Crippen LogP contribution in [-0.4, -0.2) is 23.3 Å². The van der Waals surface area contributed by atoms with Gasteiger partial charge in [-0.3, -0.25) is 0 Å². The summed E-state index contributed by atoms with van der Waals surface area (Å²) in [7, 11) is 0. The Kier molecular flexibility index (Phi) is 5.56. The minimum Gasteiger partial charge on any atom is -0.493 e. The molecule has 4 heteroatoms. The summed E-state index contributed by atoms with van der Waals surface area (Å²) in [6.45, 7) is 8.47. The van der Waals surface area contributed by atoms with Gasteiger partial charge in [-0.2, -0.15) is 0 Å². The van der Waals surface area contributed by atoms with E-state index in [9.17, 15) is 9.90 Å². The molecule has 27 heavy (non-hydrogen) atoms. The van der Waals surface area contributed by atoms with Gasteiger partial charge in [-0.15, -0.1) is 0 Å². The fraction of sp³-hybridized carbons (Fsp3) is 0.435. The van der Waals surface area contributed by atoms with Crippen LogP contribution in [0.2, 0.25) is 0 Å². The van der Waals surface area contributed by atoms with Crippen LogP contribution < -0.4 is 4.74 Å². The maximum atomic E-state index is 12.0. The average molecular weight is 368 g/mol. The van der Waals surface area contributed by atoms with Crippen LogP contribution in [0.3, 0.4) is 0 Å². The minimum atomic E-state index is -1.02. The molecular formula is C23H28O4. The van der Waals surface area contributed by atoms with E-state index in [2.05, 4.69) is 19.1 Å². The molecule has 1 N–H and O–H groups in total. The molecule has 1 atom stereocenters. The second kappa shape index (κ2) is 7.73. The van der Waals surface area contributed by atoms with Crippen molar-refractivity contribution in [3.8, 4) is 16.9 Å². The van der Waals surface area contributed by atoms with E-state index < -0.39 is 17.7 Å². The van der Waals surface area contributed by atoms with Crippen LogP contribution in [0, 0.1) is 0 Å². The Morgan fingerprint density at radius 1 is 1.26 bits per heavy atom. The smallest absolute Gasteiger partial charge is 0.337 e. The van der Waals surface area contributed by atoms with E-state index in [1.165, 1.54) is 5.56 Å². The Morgan fingerprint density at radius 3 is 2.70 bits per heavy atom. The van der Waals surface area contributed by atoms with Gasteiger partial charge in [0, 0.05) is 5.56 Å². The third kappa shape index (κ3) is 4.33. The molecule has 0 radical (unpaired) electrons. The molecule has 3 rings (SSSR count). The second-order valence-electron chi connectivity index (χ2n) is 7.96. The monoisotopic (exact) mass is 368 g/mol. The molecule has 144 valence electrons. The van der Waals surface area contributed by atoms with Crippen molar-refractivity contribution in [3.63, 3.8) is 0 Å². The molecule has 1 unspecified atom stereocenters. The molecule has 1 aliphatic rings. The molecule has 0 bridgehead atoms. The summed E-state index contributed by atoms with van der Waals surface area (Å²) in [4.78, 5) is 12.0. The van der Waals surface area contributed by atoms with Crippen molar-refractivity contribution in [2.75, 3.05) is 6.61 Å². The molecule has 0 aliphatic carbocycles. The number of aryl methyl sites for hydroxylation is 2.